The summed E-state index contributed by atoms with van der Waals surface area (Å²) < 4.78 is 2.33. The van der Waals surface area contributed by atoms with Crippen LogP contribution in [-0.2, 0) is 11.2 Å². The minimum atomic E-state index is 0.0133. The van der Waals surface area contributed by atoms with Crippen LogP contribution in [0.2, 0.25) is 0 Å². The first-order valence-corrected chi connectivity index (χ1v) is 12.9. The van der Waals surface area contributed by atoms with Crippen LogP contribution in [0.15, 0.2) is 24.4 Å². The summed E-state index contributed by atoms with van der Waals surface area (Å²) >= 11 is 5.58. The first-order valence-electron chi connectivity index (χ1n) is 12.5. The molecule has 0 aromatic carbocycles. The number of hydrogen-bond donors (Lipinski definition) is 1. The van der Waals surface area contributed by atoms with E-state index in [1.54, 1.807) is 10.9 Å². The number of rotatable bonds is 16. The second-order valence-corrected chi connectivity index (χ2v) is 8.99. The Labute approximate surface area is 193 Å². The van der Waals surface area contributed by atoms with E-state index in [1.165, 1.54) is 70.6 Å². The lowest BCUT2D eigenvalue weighted by molar-refractivity contribution is -0.117. The van der Waals surface area contributed by atoms with Crippen LogP contribution >= 0.6 is 12.2 Å². The summed E-state index contributed by atoms with van der Waals surface area (Å²) in [4.78, 5) is 16.9. The molecule has 4 nitrogen and oxygen atoms in total. The normalized spacial score (nSPS) is 11.2. The first-order chi connectivity index (χ1) is 15.2. The zero-order valence-electron chi connectivity index (χ0n) is 19.6. The molecule has 0 atom stereocenters. The van der Waals surface area contributed by atoms with Gasteiger partial charge in [-0.25, -0.2) is 9.66 Å². The van der Waals surface area contributed by atoms with Gasteiger partial charge in [0.2, 0.25) is 5.91 Å². The number of carbonyl (C=O) groups is 1. The third-order valence-corrected chi connectivity index (χ3v) is 6.41. The van der Waals surface area contributed by atoms with Gasteiger partial charge >= 0.3 is 0 Å². The van der Waals surface area contributed by atoms with E-state index in [2.05, 4.69) is 30.3 Å². The number of nitrogens with one attached hydrogen (secondary N) is 1. The number of pyridine rings is 2. The SMILES string of the molecule is CCCCCCCCCCCCCCCC(=O)Nn1c(=S)c(CC)cc2cccnc21. The number of carbonyl (C=O) groups excluding carboxylic acids is 1. The monoisotopic (exact) mass is 443 g/mol. The molecule has 2 aromatic rings. The molecule has 0 radical (unpaired) electrons. The molecular formula is C26H41N3OS. The summed E-state index contributed by atoms with van der Waals surface area (Å²) in [6, 6.07) is 5.98. The molecule has 2 heterocycles. The molecule has 0 fully saturated rings. The fourth-order valence-corrected chi connectivity index (χ4v) is 4.37. The van der Waals surface area contributed by atoms with Gasteiger partial charge in [0.25, 0.3) is 0 Å². The Morgan fingerprint density at radius 2 is 1.52 bits per heavy atom. The molecular weight excluding hydrogens is 402 g/mol. The van der Waals surface area contributed by atoms with E-state index in [9.17, 15) is 4.79 Å². The number of unbranched alkanes of at least 4 members (excludes halogenated alkanes) is 12. The largest absolute Gasteiger partial charge is 0.273 e. The van der Waals surface area contributed by atoms with Crippen molar-refractivity contribution >= 4 is 29.2 Å². The maximum atomic E-state index is 12.5. The lowest BCUT2D eigenvalue weighted by Crippen LogP contribution is -2.25. The lowest BCUT2D eigenvalue weighted by atomic mass is 10.0. The van der Waals surface area contributed by atoms with E-state index in [1.807, 2.05) is 12.1 Å². The molecule has 31 heavy (non-hydrogen) atoms. The van der Waals surface area contributed by atoms with Crippen molar-refractivity contribution in [3.8, 4) is 0 Å². The predicted molar refractivity (Wildman–Crippen MR) is 135 cm³/mol. The molecule has 1 amide bonds. The Bertz CT molecular complexity index is 846. The average molecular weight is 444 g/mol. The Hall–Kier alpha value is -1.75. The number of aryl methyl sites for hydroxylation is 1. The van der Waals surface area contributed by atoms with Crippen molar-refractivity contribution in [1.29, 1.82) is 0 Å². The number of hydrogen-bond acceptors (Lipinski definition) is 3. The summed E-state index contributed by atoms with van der Waals surface area (Å²) in [5.41, 5.74) is 4.75. The van der Waals surface area contributed by atoms with E-state index in [0.29, 0.717) is 16.7 Å². The molecule has 2 rings (SSSR count). The van der Waals surface area contributed by atoms with E-state index < -0.39 is 0 Å². The van der Waals surface area contributed by atoms with Crippen LogP contribution in [0.1, 0.15) is 109 Å². The highest BCUT2D eigenvalue weighted by molar-refractivity contribution is 7.71. The number of aromatic nitrogens is 2. The maximum absolute atomic E-state index is 12.5. The molecule has 0 aliphatic carbocycles. The summed E-state index contributed by atoms with van der Waals surface area (Å²) in [6.07, 6.45) is 20.1. The zero-order valence-corrected chi connectivity index (χ0v) is 20.4. The zero-order chi connectivity index (χ0) is 22.3. The van der Waals surface area contributed by atoms with Crippen molar-refractivity contribution in [2.24, 2.45) is 0 Å². The number of amides is 1. The molecule has 0 unspecified atom stereocenters. The predicted octanol–water partition coefficient (Wildman–Crippen LogP) is 7.88. The van der Waals surface area contributed by atoms with Gasteiger partial charge in [-0.3, -0.25) is 10.2 Å². The second-order valence-electron chi connectivity index (χ2n) is 8.61. The van der Waals surface area contributed by atoms with Crippen LogP contribution in [0.5, 0.6) is 0 Å². The van der Waals surface area contributed by atoms with Crippen LogP contribution in [0.4, 0.5) is 0 Å². The van der Waals surface area contributed by atoms with Gasteiger partial charge in [0.1, 0.15) is 4.64 Å². The van der Waals surface area contributed by atoms with E-state index in [0.717, 1.165) is 30.2 Å². The van der Waals surface area contributed by atoms with E-state index >= 15 is 0 Å². The van der Waals surface area contributed by atoms with Crippen LogP contribution < -0.4 is 5.43 Å². The fourth-order valence-electron chi connectivity index (χ4n) is 4.04. The van der Waals surface area contributed by atoms with Crippen LogP contribution in [0.25, 0.3) is 11.0 Å². The van der Waals surface area contributed by atoms with Crippen molar-refractivity contribution < 1.29 is 4.79 Å². The molecule has 172 valence electrons. The van der Waals surface area contributed by atoms with Gasteiger partial charge in [-0.1, -0.05) is 103 Å². The summed E-state index contributed by atoms with van der Waals surface area (Å²) in [5.74, 6) is 0.0133. The van der Waals surface area contributed by atoms with Crippen LogP contribution in [0, 0.1) is 4.64 Å². The second kappa shape index (κ2) is 15.1. The number of nitrogens with zero attached hydrogens (tertiary/aromatic N) is 2. The Kier molecular flexibility index (Phi) is 12.4. The van der Waals surface area contributed by atoms with Crippen molar-refractivity contribution in [3.05, 3.63) is 34.6 Å². The van der Waals surface area contributed by atoms with Crippen molar-refractivity contribution in [2.45, 2.75) is 110 Å². The van der Waals surface area contributed by atoms with Gasteiger partial charge in [0, 0.05) is 18.0 Å². The summed E-state index contributed by atoms with van der Waals surface area (Å²) in [5, 5.41) is 0.995. The molecule has 0 aliphatic rings. The minimum absolute atomic E-state index is 0.0133. The van der Waals surface area contributed by atoms with Crippen LogP contribution in [0.3, 0.4) is 0 Å². The highest BCUT2D eigenvalue weighted by atomic mass is 32.1. The molecule has 0 spiro atoms. The highest BCUT2D eigenvalue weighted by Crippen LogP contribution is 2.16. The van der Waals surface area contributed by atoms with Gasteiger partial charge in [-0.05, 0) is 36.6 Å². The Morgan fingerprint density at radius 1 is 0.935 bits per heavy atom. The van der Waals surface area contributed by atoms with Crippen molar-refractivity contribution in [3.63, 3.8) is 0 Å². The van der Waals surface area contributed by atoms with Crippen LogP contribution in [-0.4, -0.2) is 15.6 Å². The third-order valence-electron chi connectivity index (χ3n) is 5.96. The topological polar surface area (TPSA) is 46.9 Å². The van der Waals surface area contributed by atoms with Gasteiger partial charge in [0.15, 0.2) is 5.65 Å². The summed E-state index contributed by atoms with van der Waals surface area (Å²) in [6.45, 7) is 4.35. The smallest absolute Gasteiger partial charge is 0.238 e. The summed E-state index contributed by atoms with van der Waals surface area (Å²) in [7, 11) is 0. The maximum Gasteiger partial charge on any atom is 0.238 e. The third kappa shape index (κ3) is 9.10. The molecule has 0 bridgehead atoms. The van der Waals surface area contributed by atoms with Gasteiger partial charge in [-0.2, -0.15) is 0 Å². The molecule has 5 heteroatoms. The first kappa shape index (κ1) is 25.5. The Morgan fingerprint density at radius 3 is 2.10 bits per heavy atom. The van der Waals surface area contributed by atoms with Gasteiger partial charge < -0.3 is 0 Å². The lowest BCUT2D eigenvalue weighted by Gasteiger charge is -2.14. The quantitative estimate of drug-likeness (QED) is 0.212. The molecule has 2 aromatic heterocycles. The van der Waals surface area contributed by atoms with Gasteiger partial charge in [0.05, 0.1) is 0 Å². The molecule has 1 N–H and O–H groups in total. The Balaban J connectivity index is 1.62. The highest BCUT2D eigenvalue weighted by Gasteiger charge is 2.09. The minimum Gasteiger partial charge on any atom is -0.273 e. The number of fused-ring (bicyclic) bond motifs is 1. The molecule has 0 saturated heterocycles. The molecule has 0 aliphatic heterocycles. The molecule has 0 saturated carbocycles. The van der Waals surface area contributed by atoms with Gasteiger partial charge in [-0.15, -0.1) is 0 Å². The van der Waals surface area contributed by atoms with Crippen molar-refractivity contribution in [1.82, 2.24) is 9.66 Å². The standard InChI is InChI=1S/C26H41N3OS/c1-3-5-6-7-8-9-10-11-12-13-14-15-16-19-24(30)28-29-25-23(18-17-20-27-25)21-22(4-2)26(29)31/h17-18,20-21H,3-16,19H2,1-2H3,(H,28,30). The van der Waals surface area contributed by atoms with E-state index in [-0.39, 0.29) is 5.91 Å². The van der Waals surface area contributed by atoms with Crippen molar-refractivity contribution in [2.75, 3.05) is 5.43 Å². The van der Waals surface area contributed by atoms with E-state index in [4.69, 9.17) is 12.2 Å². The average Bonchev–Trinajstić information content (AvgIpc) is 2.78. The fraction of sp³-hybridized carbons (Fsp3) is 0.654.